The van der Waals surface area contributed by atoms with Crippen LogP contribution in [0, 0.1) is 0 Å². The number of nitrogens with zero attached hydrogens (tertiary/aromatic N) is 4. The molecule has 2 aromatic rings. The largest absolute Gasteiger partial charge is 0.481 e. The minimum absolute atomic E-state index is 0.0699. The van der Waals surface area contributed by atoms with Gasteiger partial charge in [0.15, 0.2) is 6.10 Å². The highest BCUT2D eigenvalue weighted by Gasteiger charge is 2.28. The second-order valence-corrected chi connectivity index (χ2v) is 7.19. The number of carbonyl (C=O) groups excluding carboxylic acids is 2. The molecule has 0 spiro atoms. The molecule has 0 saturated carbocycles. The summed E-state index contributed by atoms with van der Waals surface area (Å²) in [6.07, 6.45) is 3.91. The average Bonchev–Trinajstić information content (AvgIpc) is 2.73. The first-order chi connectivity index (χ1) is 13.5. The Bertz CT molecular complexity index is 800. The summed E-state index contributed by atoms with van der Waals surface area (Å²) in [6, 6.07) is 7.84. The van der Waals surface area contributed by atoms with Crippen molar-refractivity contribution in [3.8, 4) is 5.75 Å². The summed E-state index contributed by atoms with van der Waals surface area (Å²) in [4.78, 5) is 36.5. The van der Waals surface area contributed by atoms with Gasteiger partial charge in [0.1, 0.15) is 11.4 Å². The lowest BCUT2D eigenvalue weighted by molar-refractivity contribution is -0.139. The van der Waals surface area contributed by atoms with E-state index in [0.717, 1.165) is 0 Å². The number of amides is 2. The van der Waals surface area contributed by atoms with Gasteiger partial charge in [-0.1, -0.05) is 26.0 Å². The predicted octanol–water partition coefficient (Wildman–Crippen LogP) is 2.35. The van der Waals surface area contributed by atoms with Gasteiger partial charge in [-0.15, -0.1) is 0 Å². The van der Waals surface area contributed by atoms with Crippen molar-refractivity contribution in [2.45, 2.75) is 32.8 Å². The Balaban J connectivity index is 1.52. The smallest absolute Gasteiger partial charge is 0.274 e. The Kier molecular flexibility index (Phi) is 6.23. The number of aromatic nitrogens is 2. The van der Waals surface area contributed by atoms with Crippen molar-refractivity contribution < 1.29 is 14.3 Å². The third-order valence-electron chi connectivity index (χ3n) is 4.87. The number of rotatable bonds is 5. The third-order valence-corrected chi connectivity index (χ3v) is 4.87. The number of benzene rings is 1. The molecule has 0 bridgehead atoms. The zero-order chi connectivity index (χ0) is 20.1. The van der Waals surface area contributed by atoms with E-state index in [1.165, 1.54) is 24.2 Å². The first kappa shape index (κ1) is 19.8. The summed E-state index contributed by atoms with van der Waals surface area (Å²) in [7, 11) is 0. The Morgan fingerprint density at radius 2 is 1.61 bits per heavy atom. The topological polar surface area (TPSA) is 75.6 Å². The summed E-state index contributed by atoms with van der Waals surface area (Å²) in [5.74, 6) is 0.907. The molecule has 1 aromatic heterocycles. The molecule has 2 amide bonds. The zero-order valence-corrected chi connectivity index (χ0v) is 16.5. The van der Waals surface area contributed by atoms with Crippen molar-refractivity contribution in [2.75, 3.05) is 26.2 Å². The molecule has 1 atom stereocenters. The molecular formula is C21H26N4O3. The van der Waals surface area contributed by atoms with Gasteiger partial charge in [0, 0.05) is 38.6 Å². The molecule has 7 heteroatoms. The van der Waals surface area contributed by atoms with Gasteiger partial charge in [0.25, 0.3) is 11.8 Å². The van der Waals surface area contributed by atoms with Crippen LogP contribution < -0.4 is 4.74 Å². The van der Waals surface area contributed by atoms with Crippen LogP contribution in [0.2, 0.25) is 0 Å². The van der Waals surface area contributed by atoms with E-state index in [-0.39, 0.29) is 11.8 Å². The van der Waals surface area contributed by atoms with Gasteiger partial charge < -0.3 is 14.5 Å². The first-order valence-corrected chi connectivity index (χ1v) is 9.56. The number of piperazine rings is 1. The van der Waals surface area contributed by atoms with Crippen molar-refractivity contribution in [3.63, 3.8) is 0 Å². The van der Waals surface area contributed by atoms with E-state index in [4.69, 9.17) is 4.74 Å². The predicted molar refractivity (Wildman–Crippen MR) is 105 cm³/mol. The summed E-state index contributed by atoms with van der Waals surface area (Å²) < 4.78 is 5.82. The van der Waals surface area contributed by atoms with Crippen LogP contribution in [-0.4, -0.2) is 63.9 Å². The van der Waals surface area contributed by atoms with Crippen LogP contribution in [0.25, 0.3) is 0 Å². The number of hydrogen-bond acceptors (Lipinski definition) is 5. The van der Waals surface area contributed by atoms with E-state index in [1.54, 1.807) is 16.7 Å². The fraction of sp³-hybridized carbons (Fsp3) is 0.429. The van der Waals surface area contributed by atoms with Crippen LogP contribution in [0.15, 0.2) is 42.9 Å². The zero-order valence-electron chi connectivity index (χ0n) is 16.5. The Hall–Kier alpha value is -2.96. The highest BCUT2D eigenvalue weighted by Crippen LogP contribution is 2.20. The average molecular weight is 382 g/mol. The Morgan fingerprint density at radius 1 is 0.964 bits per heavy atom. The van der Waals surface area contributed by atoms with E-state index in [9.17, 15) is 9.59 Å². The van der Waals surface area contributed by atoms with Gasteiger partial charge in [-0.25, -0.2) is 4.98 Å². The van der Waals surface area contributed by atoms with E-state index in [0.29, 0.717) is 43.5 Å². The quantitative estimate of drug-likeness (QED) is 0.793. The van der Waals surface area contributed by atoms with Crippen LogP contribution in [-0.2, 0) is 4.79 Å². The molecule has 2 heterocycles. The van der Waals surface area contributed by atoms with Gasteiger partial charge in [-0.3, -0.25) is 14.6 Å². The van der Waals surface area contributed by atoms with E-state index >= 15 is 0 Å². The van der Waals surface area contributed by atoms with Gasteiger partial charge in [0.05, 0.1) is 6.20 Å². The molecule has 0 aliphatic carbocycles. The molecule has 1 aromatic carbocycles. The Labute approximate surface area is 165 Å². The summed E-state index contributed by atoms with van der Waals surface area (Å²) in [5.41, 5.74) is 1.55. The minimum Gasteiger partial charge on any atom is -0.481 e. The molecule has 28 heavy (non-hydrogen) atoms. The lowest BCUT2D eigenvalue weighted by Gasteiger charge is -2.35. The van der Waals surface area contributed by atoms with Crippen LogP contribution in [0.1, 0.15) is 42.7 Å². The molecule has 0 N–H and O–H groups in total. The van der Waals surface area contributed by atoms with Gasteiger partial charge in [-0.2, -0.15) is 0 Å². The van der Waals surface area contributed by atoms with Gasteiger partial charge in [-0.05, 0) is 30.5 Å². The van der Waals surface area contributed by atoms with Gasteiger partial charge >= 0.3 is 0 Å². The van der Waals surface area contributed by atoms with Crippen LogP contribution in [0.4, 0.5) is 0 Å². The third kappa shape index (κ3) is 4.65. The normalized spacial score (nSPS) is 15.4. The standard InChI is InChI=1S/C21H26N4O3/c1-15(2)17-4-6-18(7-5-17)28-16(3)20(26)24-10-12-25(13-11-24)21(27)19-14-22-8-9-23-19/h4-9,14-16H,10-13H2,1-3H3. The minimum atomic E-state index is -0.577. The Morgan fingerprint density at radius 3 is 2.18 bits per heavy atom. The van der Waals surface area contributed by atoms with Crippen LogP contribution >= 0.6 is 0 Å². The van der Waals surface area contributed by atoms with Gasteiger partial charge in [0.2, 0.25) is 0 Å². The number of hydrogen-bond donors (Lipinski definition) is 0. The summed E-state index contributed by atoms with van der Waals surface area (Å²) >= 11 is 0. The van der Waals surface area contributed by atoms with E-state index < -0.39 is 6.10 Å². The van der Waals surface area contributed by atoms with Crippen molar-refractivity contribution in [3.05, 3.63) is 54.1 Å². The molecule has 1 fully saturated rings. The molecule has 3 rings (SSSR count). The molecule has 1 saturated heterocycles. The molecular weight excluding hydrogens is 356 g/mol. The van der Waals surface area contributed by atoms with Crippen molar-refractivity contribution in [1.82, 2.24) is 19.8 Å². The number of ether oxygens (including phenoxy) is 1. The number of carbonyl (C=O) groups is 2. The second kappa shape index (κ2) is 8.82. The lowest BCUT2D eigenvalue weighted by Crippen LogP contribution is -2.53. The summed E-state index contributed by atoms with van der Waals surface area (Å²) in [6.45, 7) is 7.92. The van der Waals surface area contributed by atoms with Crippen molar-refractivity contribution >= 4 is 11.8 Å². The fourth-order valence-electron chi connectivity index (χ4n) is 3.14. The SMILES string of the molecule is CC(Oc1ccc(C(C)C)cc1)C(=O)N1CCN(C(=O)c2cnccn2)CC1. The molecule has 1 aliphatic rings. The highest BCUT2D eigenvalue weighted by molar-refractivity contribution is 5.92. The maximum absolute atomic E-state index is 12.7. The monoisotopic (exact) mass is 382 g/mol. The fourth-order valence-corrected chi connectivity index (χ4v) is 3.14. The molecule has 1 unspecified atom stereocenters. The first-order valence-electron chi connectivity index (χ1n) is 9.56. The van der Waals surface area contributed by atoms with Crippen molar-refractivity contribution in [2.24, 2.45) is 0 Å². The van der Waals surface area contributed by atoms with E-state index in [2.05, 4.69) is 23.8 Å². The van der Waals surface area contributed by atoms with Crippen LogP contribution in [0.5, 0.6) is 5.75 Å². The maximum Gasteiger partial charge on any atom is 0.274 e. The van der Waals surface area contributed by atoms with Crippen LogP contribution in [0.3, 0.4) is 0 Å². The highest BCUT2D eigenvalue weighted by atomic mass is 16.5. The van der Waals surface area contributed by atoms with E-state index in [1.807, 2.05) is 24.3 Å². The molecule has 148 valence electrons. The molecule has 1 aliphatic heterocycles. The summed E-state index contributed by atoms with van der Waals surface area (Å²) in [5, 5.41) is 0. The molecule has 0 radical (unpaired) electrons. The lowest BCUT2D eigenvalue weighted by atomic mass is 10.0. The maximum atomic E-state index is 12.7. The molecule has 7 nitrogen and oxygen atoms in total. The van der Waals surface area contributed by atoms with Crippen molar-refractivity contribution in [1.29, 1.82) is 0 Å². The second-order valence-electron chi connectivity index (χ2n) is 7.19.